The third kappa shape index (κ3) is 1.71. The Morgan fingerprint density at radius 2 is 2.00 bits per heavy atom. The van der Waals surface area contributed by atoms with Gasteiger partial charge in [0.1, 0.15) is 5.84 Å². The number of nitrogens with zero attached hydrogens (tertiary/aromatic N) is 2. The van der Waals surface area contributed by atoms with Crippen molar-refractivity contribution in [1.82, 2.24) is 4.90 Å². The Labute approximate surface area is 103 Å². The van der Waals surface area contributed by atoms with E-state index in [-0.39, 0.29) is 6.04 Å². The zero-order valence-electron chi connectivity index (χ0n) is 8.68. The SMILES string of the molecule is Brc1ccc(C2CN3C=CC=CC3=N2)cc1. The number of amidine groups is 1. The molecular weight excluding hydrogens is 264 g/mol. The van der Waals surface area contributed by atoms with Crippen LogP contribution < -0.4 is 0 Å². The molecule has 1 unspecified atom stereocenters. The zero-order valence-corrected chi connectivity index (χ0v) is 10.3. The molecule has 3 heteroatoms. The number of hydrogen-bond donors (Lipinski definition) is 0. The fourth-order valence-electron chi connectivity index (χ4n) is 1.99. The molecule has 0 N–H and O–H groups in total. The minimum atomic E-state index is 0.260. The van der Waals surface area contributed by atoms with Crippen molar-refractivity contribution in [2.45, 2.75) is 6.04 Å². The van der Waals surface area contributed by atoms with Crippen LogP contribution in [0.5, 0.6) is 0 Å². The first-order chi connectivity index (χ1) is 7.83. The highest BCUT2D eigenvalue weighted by Crippen LogP contribution is 2.27. The molecule has 2 nitrogen and oxygen atoms in total. The Balaban J connectivity index is 1.88. The monoisotopic (exact) mass is 274 g/mol. The molecule has 2 heterocycles. The first kappa shape index (κ1) is 9.85. The molecule has 0 saturated carbocycles. The van der Waals surface area contributed by atoms with E-state index in [0.29, 0.717) is 0 Å². The molecular formula is C13H11BrN2. The second-order valence-corrected chi connectivity index (χ2v) is 4.82. The van der Waals surface area contributed by atoms with Crippen molar-refractivity contribution in [1.29, 1.82) is 0 Å². The molecule has 0 fully saturated rings. The smallest absolute Gasteiger partial charge is 0.128 e. The van der Waals surface area contributed by atoms with E-state index in [4.69, 9.17) is 4.99 Å². The van der Waals surface area contributed by atoms with Crippen LogP contribution in [0.2, 0.25) is 0 Å². The van der Waals surface area contributed by atoms with Crippen LogP contribution in [0.25, 0.3) is 0 Å². The molecule has 3 rings (SSSR count). The van der Waals surface area contributed by atoms with Gasteiger partial charge in [-0.3, -0.25) is 4.99 Å². The van der Waals surface area contributed by atoms with Crippen LogP contribution >= 0.6 is 15.9 Å². The number of halogens is 1. The second-order valence-electron chi connectivity index (χ2n) is 3.91. The molecule has 0 spiro atoms. The third-order valence-electron chi connectivity index (χ3n) is 2.83. The van der Waals surface area contributed by atoms with Crippen LogP contribution in [-0.2, 0) is 0 Å². The summed E-state index contributed by atoms with van der Waals surface area (Å²) in [4.78, 5) is 6.89. The fraction of sp³-hybridized carbons (Fsp3) is 0.154. The van der Waals surface area contributed by atoms with Crippen LogP contribution in [0.15, 0.2) is 58.2 Å². The van der Waals surface area contributed by atoms with Crippen LogP contribution in [0.4, 0.5) is 0 Å². The Kier molecular flexibility index (Phi) is 2.40. The van der Waals surface area contributed by atoms with E-state index in [0.717, 1.165) is 16.9 Å². The summed E-state index contributed by atoms with van der Waals surface area (Å²) in [5.41, 5.74) is 1.27. The summed E-state index contributed by atoms with van der Waals surface area (Å²) in [6, 6.07) is 8.65. The number of hydrogen-bond acceptors (Lipinski definition) is 2. The van der Waals surface area contributed by atoms with Crippen molar-refractivity contribution in [2.75, 3.05) is 6.54 Å². The van der Waals surface area contributed by atoms with Crippen molar-refractivity contribution in [3.8, 4) is 0 Å². The van der Waals surface area contributed by atoms with Gasteiger partial charge in [0, 0.05) is 10.7 Å². The van der Waals surface area contributed by atoms with Crippen LogP contribution in [0, 0.1) is 0 Å². The van der Waals surface area contributed by atoms with E-state index in [9.17, 15) is 0 Å². The van der Waals surface area contributed by atoms with Crippen molar-refractivity contribution in [3.63, 3.8) is 0 Å². The molecule has 2 aliphatic rings. The van der Waals surface area contributed by atoms with Gasteiger partial charge < -0.3 is 4.90 Å². The molecule has 1 aromatic rings. The lowest BCUT2D eigenvalue weighted by Gasteiger charge is -2.15. The van der Waals surface area contributed by atoms with E-state index in [2.05, 4.69) is 57.4 Å². The quantitative estimate of drug-likeness (QED) is 0.768. The number of rotatable bonds is 1. The second kappa shape index (κ2) is 3.91. The van der Waals surface area contributed by atoms with Gasteiger partial charge in [0.05, 0.1) is 12.6 Å². The highest BCUT2D eigenvalue weighted by atomic mass is 79.9. The van der Waals surface area contributed by atoms with Crippen molar-refractivity contribution >= 4 is 21.8 Å². The molecule has 0 saturated heterocycles. The van der Waals surface area contributed by atoms with Gasteiger partial charge in [0.15, 0.2) is 0 Å². The largest absolute Gasteiger partial charge is 0.331 e. The summed E-state index contributed by atoms with van der Waals surface area (Å²) in [6.45, 7) is 0.942. The Bertz CT molecular complexity index is 485. The highest BCUT2D eigenvalue weighted by Gasteiger charge is 2.23. The average molecular weight is 275 g/mol. The van der Waals surface area contributed by atoms with Crippen molar-refractivity contribution in [3.05, 3.63) is 58.7 Å². The predicted molar refractivity (Wildman–Crippen MR) is 69.3 cm³/mol. The highest BCUT2D eigenvalue weighted by molar-refractivity contribution is 9.10. The predicted octanol–water partition coefficient (Wildman–Crippen LogP) is 3.29. The van der Waals surface area contributed by atoms with Gasteiger partial charge in [0.2, 0.25) is 0 Å². The Hall–Kier alpha value is -1.35. The summed E-state index contributed by atoms with van der Waals surface area (Å²) in [7, 11) is 0. The normalized spacial score (nSPS) is 22.2. The van der Waals surface area contributed by atoms with Crippen LogP contribution in [-0.4, -0.2) is 17.3 Å². The molecule has 16 heavy (non-hydrogen) atoms. The number of aliphatic imine (C=N–C) groups is 1. The molecule has 1 aromatic carbocycles. The van der Waals surface area contributed by atoms with Crippen molar-refractivity contribution in [2.24, 2.45) is 4.99 Å². The van der Waals surface area contributed by atoms with E-state index < -0.39 is 0 Å². The van der Waals surface area contributed by atoms with Gasteiger partial charge in [0.25, 0.3) is 0 Å². The zero-order chi connectivity index (χ0) is 11.0. The molecule has 0 aromatic heterocycles. The lowest BCUT2D eigenvalue weighted by atomic mass is 10.1. The first-order valence-corrected chi connectivity index (χ1v) is 6.07. The molecule has 0 radical (unpaired) electrons. The number of allylic oxidation sites excluding steroid dienone is 2. The fourth-order valence-corrected chi connectivity index (χ4v) is 2.25. The Morgan fingerprint density at radius 1 is 1.19 bits per heavy atom. The van der Waals surface area contributed by atoms with Gasteiger partial charge in [-0.2, -0.15) is 0 Å². The summed E-state index contributed by atoms with van der Waals surface area (Å²) in [5, 5.41) is 0. The Morgan fingerprint density at radius 3 is 2.75 bits per heavy atom. The van der Waals surface area contributed by atoms with Gasteiger partial charge in [-0.1, -0.05) is 34.1 Å². The van der Waals surface area contributed by atoms with E-state index >= 15 is 0 Å². The van der Waals surface area contributed by atoms with Gasteiger partial charge in [-0.05, 0) is 29.8 Å². The van der Waals surface area contributed by atoms with Gasteiger partial charge in [-0.15, -0.1) is 0 Å². The maximum atomic E-state index is 4.70. The van der Waals surface area contributed by atoms with E-state index in [1.165, 1.54) is 5.56 Å². The summed E-state index contributed by atoms with van der Waals surface area (Å²) in [5.74, 6) is 1.07. The topological polar surface area (TPSA) is 15.6 Å². The summed E-state index contributed by atoms with van der Waals surface area (Å²) < 4.78 is 1.11. The first-order valence-electron chi connectivity index (χ1n) is 5.28. The lowest BCUT2D eigenvalue weighted by Crippen LogP contribution is -2.21. The third-order valence-corrected chi connectivity index (χ3v) is 3.36. The number of fused-ring (bicyclic) bond motifs is 1. The molecule has 0 amide bonds. The van der Waals surface area contributed by atoms with E-state index in [1.54, 1.807) is 0 Å². The molecule has 80 valence electrons. The standard InChI is InChI=1S/C13H11BrN2/c14-11-6-4-10(5-7-11)12-9-16-8-2-1-3-13(16)15-12/h1-8,12H,9H2. The van der Waals surface area contributed by atoms with Gasteiger partial charge >= 0.3 is 0 Å². The van der Waals surface area contributed by atoms with Gasteiger partial charge in [-0.25, -0.2) is 0 Å². The molecule has 2 aliphatic heterocycles. The van der Waals surface area contributed by atoms with Crippen molar-refractivity contribution < 1.29 is 0 Å². The molecule has 0 bridgehead atoms. The number of benzene rings is 1. The minimum absolute atomic E-state index is 0.260. The molecule has 0 aliphatic carbocycles. The lowest BCUT2D eigenvalue weighted by molar-refractivity contribution is 0.550. The maximum absolute atomic E-state index is 4.70. The molecule has 1 atom stereocenters. The van der Waals surface area contributed by atoms with Crippen LogP contribution in [0.3, 0.4) is 0 Å². The average Bonchev–Trinajstić information content (AvgIpc) is 2.73. The van der Waals surface area contributed by atoms with Crippen LogP contribution in [0.1, 0.15) is 11.6 Å². The van der Waals surface area contributed by atoms with E-state index in [1.807, 2.05) is 12.2 Å². The minimum Gasteiger partial charge on any atom is -0.331 e. The summed E-state index contributed by atoms with van der Waals surface area (Å²) >= 11 is 3.45. The maximum Gasteiger partial charge on any atom is 0.128 e. The summed E-state index contributed by atoms with van der Waals surface area (Å²) in [6.07, 6.45) is 8.21.